The number of ether oxygens (including phenoxy) is 9. The third-order valence-electron chi connectivity index (χ3n) is 15.0. The summed E-state index contributed by atoms with van der Waals surface area (Å²) in [4.78, 5) is 68.8. The van der Waals surface area contributed by atoms with Crippen molar-refractivity contribution in [2.24, 2.45) is 0 Å². The highest BCUT2D eigenvalue weighted by molar-refractivity contribution is 6.67. The predicted octanol–water partition coefficient (Wildman–Crippen LogP) is 15.3. The SMILES string of the molecule is CCCCCCCCCCC[C@H](CC(=O)N[C@@H](COCc1ccccc1)COC1O[C@@H]2COC(C)(C)O[C@H]2[C@H](OC(=O)C[C@@H](CCCCCCCCCCC)OC(=O)CCCCCC)[C@H]1NC(=O)OCC(Cl)(Cl)Cl)OC(=O)CCCCCC. The Balaban J connectivity index is 1.91. The summed E-state index contributed by atoms with van der Waals surface area (Å²) in [6.07, 6.45) is 21.5. The van der Waals surface area contributed by atoms with Crippen LogP contribution in [0.5, 0.6) is 0 Å². The molecule has 0 bridgehead atoms. The van der Waals surface area contributed by atoms with Crippen molar-refractivity contribution in [3.8, 4) is 0 Å². The van der Waals surface area contributed by atoms with Gasteiger partial charge in [0.05, 0.1) is 45.3 Å². The Hall–Kier alpha value is -2.96. The number of halogens is 3. The zero-order valence-corrected chi connectivity index (χ0v) is 53.8. The Morgan fingerprint density at radius 2 is 1.13 bits per heavy atom. The third kappa shape index (κ3) is 35.4. The van der Waals surface area contributed by atoms with Gasteiger partial charge in [0, 0.05) is 12.8 Å². The molecule has 0 radical (unpaired) electrons. The number of unbranched alkanes of at least 4 members (excludes halogenated alkanes) is 22. The zero-order chi connectivity index (χ0) is 60.6. The van der Waals surface area contributed by atoms with Gasteiger partial charge in [-0.05, 0) is 57.9 Å². The summed E-state index contributed by atoms with van der Waals surface area (Å²) in [7, 11) is 0. The quantitative estimate of drug-likeness (QED) is 0.0271. The van der Waals surface area contributed by atoms with Gasteiger partial charge in [0.15, 0.2) is 18.2 Å². The smallest absolute Gasteiger partial charge is 0.407 e. The largest absolute Gasteiger partial charge is 0.462 e. The van der Waals surface area contributed by atoms with Crippen LogP contribution >= 0.6 is 34.8 Å². The molecule has 1 unspecified atom stereocenters. The molecular formula is C64H107Cl3N2O14. The van der Waals surface area contributed by atoms with Crippen molar-refractivity contribution in [1.82, 2.24) is 10.6 Å². The lowest BCUT2D eigenvalue weighted by Crippen LogP contribution is -2.69. The van der Waals surface area contributed by atoms with E-state index in [-0.39, 0.29) is 70.0 Å². The molecule has 19 heteroatoms. The molecule has 2 aliphatic heterocycles. The van der Waals surface area contributed by atoms with Crippen LogP contribution in [0.25, 0.3) is 0 Å². The van der Waals surface area contributed by atoms with Gasteiger partial charge in [-0.2, -0.15) is 0 Å². The Kier molecular flexibility index (Phi) is 39.8. The summed E-state index contributed by atoms with van der Waals surface area (Å²) in [6, 6.07) is 7.44. The summed E-state index contributed by atoms with van der Waals surface area (Å²) >= 11 is 18.0. The lowest BCUT2D eigenvalue weighted by Gasteiger charge is -2.50. The number of hydrogen-bond donors (Lipinski definition) is 2. The highest BCUT2D eigenvalue weighted by Crippen LogP contribution is 2.35. The zero-order valence-electron chi connectivity index (χ0n) is 51.5. The number of alkyl carbamates (subject to hydrolysis) is 1. The predicted molar refractivity (Wildman–Crippen MR) is 326 cm³/mol. The minimum Gasteiger partial charge on any atom is -0.462 e. The van der Waals surface area contributed by atoms with Gasteiger partial charge in [-0.3, -0.25) is 19.2 Å². The first-order valence-electron chi connectivity index (χ1n) is 32.0. The molecule has 2 amide bonds. The molecule has 8 atom stereocenters. The van der Waals surface area contributed by atoms with Gasteiger partial charge < -0.3 is 53.3 Å². The topological polar surface area (TPSA) is 192 Å². The number of alkyl halides is 3. The summed E-state index contributed by atoms with van der Waals surface area (Å²) in [5.41, 5.74) is 0.909. The van der Waals surface area contributed by atoms with E-state index in [1.54, 1.807) is 13.8 Å². The van der Waals surface area contributed by atoms with Gasteiger partial charge in [0.1, 0.15) is 37.1 Å². The van der Waals surface area contributed by atoms with Crippen LogP contribution in [0.3, 0.4) is 0 Å². The van der Waals surface area contributed by atoms with E-state index in [0.29, 0.717) is 19.3 Å². The minimum absolute atomic E-state index is 0.00902. The number of benzene rings is 1. The fourth-order valence-corrected chi connectivity index (χ4v) is 10.5. The van der Waals surface area contributed by atoms with Gasteiger partial charge in [0.25, 0.3) is 0 Å². The molecule has 478 valence electrons. The Morgan fingerprint density at radius 1 is 0.639 bits per heavy atom. The third-order valence-corrected chi connectivity index (χ3v) is 15.3. The monoisotopic (exact) mass is 1230 g/mol. The van der Waals surface area contributed by atoms with Crippen molar-refractivity contribution in [1.29, 1.82) is 0 Å². The van der Waals surface area contributed by atoms with Crippen molar-refractivity contribution in [3.63, 3.8) is 0 Å². The molecular weight excluding hydrogens is 1130 g/mol. The Morgan fingerprint density at radius 3 is 1.65 bits per heavy atom. The molecule has 2 heterocycles. The summed E-state index contributed by atoms with van der Waals surface area (Å²) in [5.74, 6) is -2.94. The molecule has 3 rings (SSSR count). The summed E-state index contributed by atoms with van der Waals surface area (Å²) < 4.78 is 53.6. The van der Waals surface area contributed by atoms with Crippen LogP contribution in [0.4, 0.5) is 4.79 Å². The van der Waals surface area contributed by atoms with Crippen LogP contribution in [-0.2, 0) is 68.4 Å². The fraction of sp³-hybridized carbons (Fsp3) is 0.828. The van der Waals surface area contributed by atoms with E-state index in [1.807, 2.05) is 30.3 Å². The maximum atomic E-state index is 14.4. The molecule has 2 saturated heterocycles. The number of amides is 2. The lowest BCUT2D eigenvalue weighted by atomic mass is 9.95. The van der Waals surface area contributed by atoms with E-state index in [2.05, 4.69) is 38.3 Å². The van der Waals surface area contributed by atoms with Gasteiger partial charge in [-0.15, -0.1) is 0 Å². The van der Waals surface area contributed by atoms with Crippen molar-refractivity contribution in [2.45, 2.75) is 312 Å². The van der Waals surface area contributed by atoms with Crippen molar-refractivity contribution in [2.75, 3.05) is 26.4 Å². The van der Waals surface area contributed by atoms with E-state index in [4.69, 9.17) is 77.4 Å². The number of hydrogen-bond acceptors (Lipinski definition) is 14. The number of nitrogens with one attached hydrogen (secondary N) is 2. The second kappa shape index (κ2) is 44.5. The molecule has 0 saturated carbocycles. The molecule has 0 aliphatic carbocycles. The van der Waals surface area contributed by atoms with E-state index in [9.17, 15) is 24.0 Å². The number of carbonyl (C=O) groups excluding carboxylic acids is 5. The molecule has 0 aromatic heterocycles. The number of rotatable bonds is 47. The number of esters is 3. The number of carbonyl (C=O) groups is 5. The molecule has 83 heavy (non-hydrogen) atoms. The van der Waals surface area contributed by atoms with E-state index in [0.717, 1.165) is 102 Å². The van der Waals surface area contributed by atoms with Crippen LogP contribution in [0.15, 0.2) is 30.3 Å². The molecule has 0 spiro atoms. The lowest BCUT2D eigenvalue weighted by molar-refractivity contribution is -0.369. The van der Waals surface area contributed by atoms with Crippen LogP contribution < -0.4 is 10.6 Å². The number of fused-ring (bicyclic) bond motifs is 1. The molecule has 1 aromatic carbocycles. The van der Waals surface area contributed by atoms with Gasteiger partial charge in [-0.1, -0.05) is 234 Å². The molecule has 2 aliphatic rings. The summed E-state index contributed by atoms with van der Waals surface area (Å²) in [5, 5.41) is 5.82. The molecule has 2 N–H and O–H groups in total. The first-order valence-corrected chi connectivity index (χ1v) is 33.2. The molecule has 2 fully saturated rings. The average molecular weight is 1230 g/mol. The maximum Gasteiger partial charge on any atom is 0.407 e. The van der Waals surface area contributed by atoms with E-state index < -0.39 is 77.1 Å². The fourth-order valence-electron chi connectivity index (χ4n) is 10.4. The second-order valence-electron chi connectivity index (χ2n) is 23.2. The van der Waals surface area contributed by atoms with Crippen molar-refractivity contribution in [3.05, 3.63) is 35.9 Å². The highest BCUT2D eigenvalue weighted by atomic mass is 35.6. The second-order valence-corrected chi connectivity index (χ2v) is 25.8. The molecule has 1 aromatic rings. The standard InChI is InChI=1S/C64H107Cl3N2O14/c1-7-11-15-19-21-23-25-27-32-38-51(79-55(71)40-34-17-13-9-3)42-54(70)68-50(45-75-44-49-36-30-29-31-37-49)46-76-61-58(69-62(74)77-48-64(65,66)67)60(59-53(81-61)47-78-63(5,6)83-59)82-57(73)43-52(80-56(72)41-35-18-14-10-4)39-33-28-26-24-22-20-16-12-8-2/h29-31,36-37,50-53,58-61H,7-28,32-35,38-48H2,1-6H3,(H,68,70)(H,69,74)/t50-,51+,52+,53+,58+,59+,60+,61?/m0/s1. The highest BCUT2D eigenvalue weighted by Gasteiger charge is 2.54. The minimum atomic E-state index is -1.96. The van der Waals surface area contributed by atoms with Gasteiger partial charge in [0.2, 0.25) is 9.70 Å². The van der Waals surface area contributed by atoms with Gasteiger partial charge in [-0.25, -0.2) is 4.79 Å². The van der Waals surface area contributed by atoms with Crippen LogP contribution in [0.1, 0.15) is 253 Å². The van der Waals surface area contributed by atoms with Crippen LogP contribution in [-0.4, -0.2) is 115 Å². The normalized spacial score (nSPS) is 19.7. The van der Waals surface area contributed by atoms with Crippen molar-refractivity contribution >= 4 is 64.7 Å². The average Bonchev–Trinajstić information content (AvgIpc) is 2.93. The van der Waals surface area contributed by atoms with E-state index in [1.165, 1.54) is 64.2 Å². The first kappa shape index (κ1) is 74.3. The maximum absolute atomic E-state index is 14.4. The van der Waals surface area contributed by atoms with Crippen LogP contribution in [0.2, 0.25) is 0 Å². The Labute approximate surface area is 513 Å². The molecule has 16 nitrogen and oxygen atoms in total. The Bertz CT molecular complexity index is 1900. The van der Waals surface area contributed by atoms with Crippen LogP contribution in [0, 0.1) is 0 Å². The first-order chi connectivity index (χ1) is 39.9. The van der Waals surface area contributed by atoms with Gasteiger partial charge >= 0.3 is 24.0 Å². The van der Waals surface area contributed by atoms with E-state index >= 15 is 0 Å². The van der Waals surface area contributed by atoms with Crippen molar-refractivity contribution < 1.29 is 66.6 Å². The summed E-state index contributed by atoms with van der Waals surface area (Å²) in [6.45, 7) is 11.4.